The molecule has 0 saturated heterocycles. The standard InChI is InChI=1S/C15H13BrClN3O4/c16-9-5-7(17)1-4-11(9)24-6-10(21)12-13(18)20(8-2-3-8)15(23)19-14(12)22/h1,4-5,8H,2-3,6,18H2,(H,19,22,23). The predicted octanol–water partition coefficient (Wildman–Crippen LogP) is 2.13. The van der Waals surface area contributed by atoms with Gasteiger partial charge in [-0.15, -0.1) is 0 Å². The molecule has 1 aromatic carbocycles. The molecule has 0 aliphatic heterocycles. The Balaban J connectivity index is 1.86. The molecule has 1 heterocycles. The number of Topliss-reactive ketones (excluding diaryl/α,β-unsaturated/α-hetero) is 1. The molecule has 9 heteroatoms. The van der Waals surface area contributed by atoms with Crippen LogP contribution in [0.4, 0.5) is 5.82 Å². The minimum Gasteiger partial charge on any atom is -0.484 e. The highest BCUT2D eigenvalue weighted by Crippen LogP contribution is 2.35. The lowest BCUT2D eigenvalue weighted by Gasteiger charge is -2.12. The van der Waals surface area contributed by atoms with Crippen molar-refractivity contribution in [2.75, 3.05) is 12.3 Å². The summed E-state index contributed by atoms with van der Waals surface area (Å²) in [4.78, 5) is 38.3. The number of carbonyl (C=O) groups excluding carboxylic acids is 1. The zero-order valence-electron chi connectivity index (χ0n) is 12.3. The summed E-state index contributed by atoms with van der Waals surface area (Å²) in [7, 11) is 0. The Kier molecular flexibility index (Phi) is 4.51. The Morgan fingerprint density at radius 1 is 1.42 bits per heavy atom. The number of rotatable bonds is 5. The van der Waals surface area contributed by atoms with Gasteiger partial charge in [0, 0.05) is 11.1 Å². The van der Waals surface area contributed by atoms with Gasteiger partial charge in [-0.1, -0.05) is 11.6 Å². The van der Waals surface area contributed by atoms with Gasteiger partial charge in [-0.25, -0.2) is 4.79 Å². The molecule has 1 saturated carbocycles. The molecule has 24 heavy (non-hydrogen) atoms. The molecule has 0 atom stereocenters. The van der Waals surface area contributed by atoms with Crippen molar-refractivity contribution in [3.05, 3.63) is 54.1 Å². The van der Waals surface area contributed by atoms with Crippen molar-refractivity contribution < 1.29 is 9.53 Å². The molecule has 0 bridgehead atoms. The van der Waals surface area contributed by atoms with Gasteiger partial charge in [0.2, 0.25) is 5.78 Å². The molecule has 1 aliphatic rings. The minimum atomic E-state index is -0.807. The van der Waals surface area contributed by atoms with Gasteiger partial charge in [0.1, 0.15) is 17.1 Å². The van der Waals surface area contributed by atoms with Crippen LogP contribution in [0.15, 0.2) is 32.3 Å². The van der Waals surface area contributed by atoms with E-state index in [4.69, 9.17) is 22.1 Å². The van der Waals surface area contributed by atoms with Crippen molar-refractivity contribution in [3.8, 4) is 5.75 Å². The van der Waals surface area contributed by atoms with Gasteiger partial charge >= 0.3 is 5.69 Å². The molecule has 1 fully saturated rings. The number of nitrogens with zero attached hydrogens (tertiary/aromatic N) is 1. The fourth-order valence-electron chi connectivity index (χ4n) is 2.34. The monoisotopic (exact) mass is 413 g/mol. The van der Waals surface area contributed by atoms with Gasteiger partial charge in [-0.05, 0) is 47.0 Å². The number of nitrogens with two attached hydrogens (primary N) is 1. The molecule has 1 aliphatic carbocycles. The van der Waals surface area contributed by atoms with Crippen LogP contribution >= 0.6 is 27.5 Å². The SMILES string of the molecule is Nc1c(C(=O)COc2ccc(Cl)cc2Br)c(=O)[nH]c(=O)n1C1CC1. The van der Waals surface area contributed by atoms with Crippen molar-refractivity contribution in [2.45, 2.75) is 18.9 Å². The molecule has 2 aromatic rings. The van der Waals surface area contributed by atoms with E-state index in [1.165, 1.54) is 4.57 Å². The summed E-state index contributed by atoms with van der Waals surface area (Å²) in [5.74, 6) is -0.321. The number of carbonyl (C=O) groups is 1. The molecule has 7 nitrogen and oxygen atoms in total. The minimum absolute atomic E-state index is 0.0628. The summed E-state index contributed by atoms with van der Waals surface area (Å²) in [6.45, 7) is -0.392. The predicted molar refractivity (Wildman–Crippen MR) is 93.0 cm³/mol. The van der Waals surface area contributed by atoms with Crippen molar-refractivity contribution >= 4 is 39.1 Å². The average molecular weight is 415 g/mol. The lowest BCUT2D eigenvalue weighted by molar-refractivity contribution is 0.0919. The average Bonchev–Trinajstić information content (AvgIpc) is 3.30. The second kappa shape index (κ2) is 6.45. The van der Waals surface area contributed by atoms with E-state index >= 15 is 0 Å². The van der Waals surface area contributed by atoms with Gasteiger partial charge in [-0.3, -0.25) is 19.1 Å². The first-order valence-corrected chi connectivity index (χ1v) is 8.31. The number of aromatic amines is 1. The van der Waals surface area contributed by atoms with Gasteiger partial charge in [0.25, 0.3) is 5.56 Å². The van der Waals surface area contributed by atoms with Gasteiger partial charge in [0.05, 0.1) is 4.47 Å². The van der Waals surface area contributed by atoms with Crippen LogP contribution in [0.25, 0.3) is 0 Å². The molecule has 126 valence electrons. The number of halogens is 2. The fourth-order valence-corrected chi connectivity index (χ4v) is 3.14. The van der Waals surface area contributed by atoms with Crippen LogP contribution in [-0.4, -0.2) is 21.9 Å². The summed E-state index contributed by atoms with van der Waals surface area (Å²) in [6, 6.07) is 4.77. The summed E-state index contributed by atoms with van der Waals surface area (Å²) in [5, 5.41) is 0.512. The van der Waals surface area contributed by atoms with Gasteiger partial charge in [-0.2, -0.15) is 0 Å². The molecule has 0 amide bonds. The molecule has 3 N–H and O–H groups in total. The van der Waals surface area contributed by atoms with E-state index in [-0.39, 0.29) is 17.4 Å². The molecular weight excluding hydrogens is 402 g/mol. The topological polar surface area (TPSA) is 107 Å². The molecule has 0 radical (unpaired) electrons. The largest absolute Gasteiger partial charge is 0.484 e. The van der Waals surface area contributed by atoms with E-state index in [2.05, 4.69) is 20.9 Å². The number of nitrogens with one attached hydrogen (secondary N) is 1. The highest BCUT2D eigenvalue weighted by atomic mass is 79.9. The second-order valence-electron chi connectivity index (χ2n) is 5.41. The van der Waals surface area contributed by atoms with E-state index in [1.807, 2.05) is 0 Å². The third kappa shape index (κ3) is 3.25. The summed E-state index contributed by atoms with van der Waals surface area (Å²) >= 11 is 9.11. The normalized spacial score (nSPS) is 13.8. The van der Waals surface area contributed by atoms with E-state index in [0.717, 1.165) is 12.8 Å². The molecule has 0 spiro atoms. The fraction of sp³-hybridized carbons (Fsp3) is 0.267. The third-order valence-electron chi connectivity index (χ3n) is 3.63. The first kappa shape index (κ1) is 16.8. The van der Waals surface area contributed by atoms with Crippen LogP contribution in [0.5, 0.6) is 5.75 Å². The summed E-state index contributed by atoms with van der Waals surface area (Å²) in [6.07, 6.45) is 1.58. The van der Waals surface area contributed by atoms with Crippen LogP contribution in [-0.2, 0) is 0 Å². The summed E-state index contributed by atoms with van der Waals surface area (Å²) in [5.41, 5.74) is 4.22. The molecule has 0 unspecified atom stereocenters. The number of aromatic nitrogens is 2. The van der Waals surface area contributed by atoms with Crippen molar-refractivity contribution in [2.24, 2.45) is 0 Å². The zero-order chi connectivity index (χ0) is 17.4. The van der Waals surface area contributed by atoms with E-state index in [0.29, 0.717) is 15.2 Å². The van der Waals surface area contributed by atoms with Crippen LogP contribution in [0.2, 0.25) is 5.02 Å². The number of nitrogen functional groups attached to an aromatic ring is 1. The summed E-state index contributed by atoms with van der Waals surface area (Å²) < 4.78 is 7.25. The number of anilines is 1. The molecule has 1 aromatic heterocycles. The first-order valence-electron chi connectivity index (χ1n) is 7.14. The van der Waals surface area contributed by atoms with E-state index < -0.39 is 23.6 Å². The Morgan fingerprint density at radius 2 is 2.12 bits per heavy atom. The van der Waals surface area contributed by atoms with Crippen LogP contribution in [0, 0.1) is 0 Å². The Hall–Kier alpha value is -2.06. The number of hydrogen-bond acceptors (Lipinski definition) is 5. The van der Waals surface area contributed by atoms with Gasteiger partial charge in [0.15, 0.2) is 6.61 Å². The van der Waals surface area contributed by atoms with Crippen molar-refractivity contribution in [1.82, 2.24) is 9.55 Å². The van der Waals surface area contributed by atoms with Crippen LogP contribution < -0.4 is 21.7 Å². The number of H-pyrrole nitrogens is 1. The maximum atomic E-state index is 12.4. The maximum absolute atomic E-state index is 12.4. The van der Waals surface area contributed by atoms with Crippen molar-refractivity contribution in [3.63, 3.8) is 0 Å². The molecule has 3 rings (SSSR count). The molecular formula is C15H13BrClN3O4. The Labute approximate surface area is 149 Å². The number of ketones is 1. The second-order valence-corrected chi connectivity index (χ2v) is 6.70. The number of ether oxygens (including phenoxy) is 1. The van der Waals surface area contributed by atoms with Gasteiger partial charge < -0.3 is 10.5 Å². The van der Waals surface area contributed by atoms with E-state index in [1.54, 1.807) is 18.2 Å². The third-order valence-corrected chi connectivity index (χ3v) is 4.48. The number of hydrogen-bond donors (Lipinski definition) is 2. The van der Waals surface area contributed by atoms with Crippen molar-refractivity contribution in [1.29, 1.82) is 0 Å². The Morgan fingerprint density at radius 3 is 2.75 bits per heavy atom. The Bertz CT molecular complexity index is 933. The quantitative estimate of drug-likeness (QED) is 0.729. The maximum Gasteiger partial charge on any atom is 0.330 e. The lowest BCUT2D eigenvalue weighted by Crippen LogP contribution is -2.36. The first-order chi connectivity index (χ1) is 11.4. The van der Waals surface area contributed by atoms with Crippen LogP contribution in [0.3, 0.4) is 0 Å². The zero-order valence-corrected chi connectivity index (χ0v) is 14.7. The lowest BCUT2D eigenvalue weighted by atomic mass is 10.2. The smallest absolute Gasteiger partial charge is 0.330 e. The highest BCUT2D eigenvalue weighted by molar-refractivity contribution is 9.10. The highest BCUT2D eigenvalue weighted by Gasteiger charge is 2.30. The van der Waals surface area contributed by atoms with E-state index in [9.17, 15) is 14.4 Å². The van der Waals surface area contributed by atoms with Crippen LogP contribution in [0.1, 0.15) is 29.2 Å². The number of benzene rings is 1.